The Morgan fingerprint density at radius 3 is 2.62 bits per heavy atom. The number of anilines is 1. The first-order chi connectivity index (χ1) is 16.3. The van der Waals surface area contributed by atoms with E-state index in [9.17, 15) is 9.59 Å². The van der Waals surface area contributed by atoms with Crippen LogP contribution in [-0.2, 0) is 4.79 Å². The molecule has 2 fully saturated rings. The summed E-state index contributed by atoms with van der Waals surface area (Å²) in [6, 6.07) is 3.83. The van der Waals surface area contributed by atoms with Crippen LogP contribution in [-0.4, -0.2) is 44.1 Å². The molecule has 34 heavy (non-hydrogen) atoms. The normalized spacial score (nSPS) is 22.4. The average molecular weight is 499 g/mol. The monoisotopic (exact) mass is 498 g/mol. The van der Waals surface area contributed by atoms with Gasteiger partial charge in [-0.2, -0.15) is 0 Å². The van der Waals surface area contributed by atoms with Crippen molar-refractivity contribution in [1.82, 2.24) is 14.3 Å². The van der Waals surface area contributed by atoms with Crippen molar-refractivity contribution >= 4 is 51.7 Å². The zero-order chi connectivity index (χ0) is 24.4. The summed E-state index contributed by atoms with van der Waals surface area (Å²) in [5, 5.41) is 0. The van der Waals surface area contributed by atoms with E-state index >= 15 is 0 Å². The third kappa shape index (κ3) is 5.08. The van der Waals surface area contributed by atoms with Crippen molar-refractivity contribution in [3.63, 3.8) is 0 Å². The van der Waals surface area contributed by atoms with Crippen LogP contribution in [0.2, 0.25) is 0 Å². The number of carbonyl (C=O) groups is 1. The summed E-state index contributed by atoms with van der Waals surface area (Å²) in [5.74, 6) is 1.59. The van der Waals surface area contributed by atoms with E-state index in [1.165, 1.54) is 11.8 Å². The van der Waals surface area contributed by atoms with E-state index in [0.717, 1.165) is 50.8 Å². The first-order valence-corrected chi connectivity index (χ1v) is 13.5. The molecule has 0 aliphatic carbocycles. The first kappa shape index (κ1) is 24.9. The highest BCUT2D eigenvalue weighted by Gasteiger charge is 2.33. The van der Waals surface area contributed by atoms with Crippen molar-refractivity contribution in [3.8, 4) is 0 Å². The summed E-state index contributed by atoms with van der Waals surface area (Å²) in [7, 11) is 0. The Labute approximate surface area is 211 Å². The molecule has 1 amide bonds. The highest BCUT2D eigenvalue weighted by molar-refractivity contribution is 8.26. The summed E-state index contributed by atoms with van der Waals surface area (Å²) in [5.41, 5.74) is 1.93. The Kier molecular flexibility index (Phi) is 7.77. The molecule has 2 saturated heterocycles. The van der Waals surface area contributed by atoms with Gasteiger partial charge in [0.05, 0.1) is 10.5 Å². The summed E-state index contributed by atoms with van der Waals surface area (Å²) in [6.07, 6.45) is 8.95. The van der Waals surface area contributed by atoms with Gasteiger partial charge >= 0.3 is 0 Å². The van der Waals surface area contributed by atoms with Crippen molar-refractivity contribution in [2.45, 2.75) is 59.8 Å². The average Bonchev–Trinajstić information content (AvgIpc) is 3.05. The Bertz CT molecular complexity index is 1180. The molecule has 0 N–H and O–H groups in total. The number of unbranched alkanes of at least 4 members (excludes halogenated alkanes) is 3. The van der Waals surface area contributed by atoms with Crippen LogP contribution in [0.3, 0.4) is 0 Å². The van der Waals surface area contributed by atoms with Gasteiger partial charge in [0.15, 0.2) is 0 Å². The zero-order valence-corrected chi connectivity index (χ0v) is 22.2. The summed E-state index contributed by atoms with van der Waals surface area (Å²) in [6.45, 7) is 10.9. The Hall–Kier alpha value is -2.19. The van der Waals surface area contributed by atoms with Crippen LogP contribution < -0.4 is 10.5 Å². The van der Waals surface area contributed by atoms with Gasteiger partial charge < -0.3 is 4.90 Å². The molecule has 0 aromatic carbocycles. The standard InChI is InChI=1S/C26H34N4O2S2/c1-5-6-7-8-11-30-25(32)21(34-26(30)33)14-20-23(28-15-17(2)13-18(3)16-28)27-22-19(4)10-9-12-29(22)24(20)31/h9-10,12,14,17-18H,5-8,11,13,15-16H2,1-4H3. The molecular weight excluding hydrogens is 464 g/mol. The van der Waals surface area contributed by atoms with Gasteiger partial charge in [0.2, 0.25) is 0 Å². The topological polar surface area (TPSA) is 57.9 Å². The minimum atomic E-state index is -0.150. The van der Waals surface area contributed by atoms with E-state index in [1.807, 2.05) is 19.1 Å². The molecule has 182 valence electrons. The van der Waals surface area contributed by atoms with E-state index in [-0.39, 0.29) is 11.5 Å². The smallest absolute Gasteiger partial charge is 0.267 e. The molecule has 2 atom stereocenters. The second kappa shape index (κ2) is 10.6. The number of hydrogen-bond acceptors (Lipinski definition) is 6. The lowest BCUT2D eigenvalue weighted by Crippen LogP contribution is -2.40. The second-order valence-corrected chi connectivity index (χ2v) is 11.5. The van der Waals surface area contributed by atoms with Crippen LogP contribution >= 0.6 is 24.0 Å². The predicted octanol–water partition coefficient (Wildman–Crippen LogP) is 5.27. The zero-order valence-electron chi connectivity index (χ0n) is 20.5. The quantitative estimate of drug-likeness (QED) is 0.295. The fraction of sp³-hybridized carbons (Fsp3) is 0.538. The molecule has 8 heteroatoms. The van der Waals surface area contributed by atoms with Gasteiger partial charge in [0.1, 0.15) is 15.8 Å². The highest BCUT2D eigenvalue weighted by Crippen LogP contribution is 2.35. The number of carbonyl (C=O) groups excluding carboxylic acids is 1. The van der Waals surface area contributed by atoms with Gasteiger partial charge in [-0.3, -0.25) is 18.9 Å². The van der Waals surface area contributed by atoms with Crippen molar-refractivity contribution in [1.29, 1.82) is 0 Å². The van der Waals surface area contributed by atoms with Gasteiger partial charge in [-0.05, 0) is 49.3 Å². The fourth-order valence-corrected chi connectivity index (χ4v) is 6.31. The summed E-state index contributed by atoms with van der Waals surface area (Å²) >= 11 is 6.81. The molecule has 0 spiro atoms. The number of fused-ring (bicyclic) bond motifs is 1. The molecule has 4 rings (SSSR count). The molecule has 2 aromatic heterocycles. The van der Waals surface area contributed by atoms with Crippen molar-refractivity contribution < 1.29 is 4.79 Å². The molecule has 4 heterocycles. The number of rotatable bonds is 7. The molecule has 0 radical (unpaired) electrons. The predicted molar refractivity (Wildman–Crippen MR) is 145 cm³/mol. The lowest BCUT2D eigenvalue weighted by Gasteiger charge is -2.36. The second-order valence-electron chi connectivity index (χ2n) is 9.78. The fourth-order valence-electron chi connectivity index (χ4n) is 5.02. The van der Waals surface area contributed by atoms with Crippen LogP contribution in [0.25, 0.3) is 11.7 Å². The summed E-state index contributed by atoms with van der Waals surface area (Å²) < 4.78 is 2.16. The van der Waals surface area contributed by atoms with Crippen LogP contribution in [0.1, 0.15) is 64.0 Å². The van der Waals surface area contributed by atoms with Crippen LogP contribution in [0.4, 0.5) is 5.82 Å². The number of thiocarbonyl (C=S) groups is 1. The number of amides is 1. The third-order valence-corrected chi connectivity index (χ3v) is 7.99. The van der Waals surface area contributed by atoms with E-state index in [0.29, 0.717) is 44.6 Å². The largest absolute Gasteiger partial charge is 0.355 e. The molecule has 6 nitrogen and oxygen atoms in total. The molecule has 2 aliphatic rings. The SMILES string of the molecule is CCCCCCN1C(=O)C(=Cc2c(N3CC(C)CC(C)C3)nc3c(C)cccn3c2=O)SC1=S. The number of aromatic nitrogens is 2. The van der Waals surface area contributed by atoms with Gasteiger partial charge in [-0.15, -0.1) is 0 Å². The Morgan fingerprint density at radius 1 is 1.18 bits per heavy atom. The van der Waals surface area contributed by atoms with Gasteiger partial charge in [0.25, 0.3) is 11.5 Å². The lowest BCUT2D eigenvalue weighted by atomic mass is 9.91. The molecule has 2 aliphatic heterocycles. The Morgan fingerprint density at radius 2 is 1.91 bits per heavy atom. The summed E-state index contributed by atoms with van der Waals surface area (Å²) in [4.78, 5) is 36.3. The maximum atomic E-state index is 13.7. The third-order valence-electron chi connectivity index (χ3n) is 6.62. The Balaban J connectivity index is 1.76. The number of pyridine rings is 1. The van der Waals surface area contributed by atoms with Gasteiger partial charge in [-0.25, -0.2) is 4.98 Å². The van der Waals surface area contributed by atoms with Crippen molar-refractivity contribution in [2.75, 3.05) is 24.5 Å². The maximum Gasteiger partial charge on any atom is 0.267 e. The molecule has 0 bridgehead atoms. The molecule has 0 saturated carbocycles. The minimum Gasteiger partial charge on any atom is -0.355 e. The van der Waals surface area contributed by atoms with E-state index in [4.69, 9.17) is 17.2 Å². The molecule has 2 aromatic rings. The number of hydrogen-bond donors (Lipinski definition) is 0. The van der Waals surface area contributed by atoms with E-state index in [2.05, 4.69) is 25.7 Å². The van der Waals surface area contributed by atoms with Gasteiger partial charge in [0, 0.05) is 25.8 Å². The van der Waals surface area contributed by atoms with E-state index in [1.54, 1.807) is 21.6 Å². The number of aryl methyl sites for hydroxylation is 1. The maximum absolute atomic E-state index is 13.7. The number of piperidine rings is 1. The van der Waals surface area contributed by atoms with Crippen molar-refractivity contribution in [3.05, 3.63) is 44.7 Å². The minimum absolute atomic E-state index is 0.105. The molecular formula is C26H34N4O2S2. The number of thioether (sulfide) groups is 1. The van der Waals surface area contributed by atoms with Crippen LogP contribution in [0.5, 0.6) is 0 Å². The van der Waals surface area contributed by atoms with Crippen LogP contribution in [0, 0.1) is 18.8 Å². The highest BCUT2D eigenvalue weighted by atomic mass is 32.2. The van der Waals surface area contributed by atoms with Crippen LogP contribution in [0.15, 0.2) is 28.0 Å². The first-order valence-electron chi connectivity index (χ1n) is 12.3. The van der Waals surface area contributed by atoms with E-state index < -0.39 is 0 Å². The lowest BCUT2D eigenvalue weighted by molar-refractivity contribution is -0.122. The van der Waals surface area contributed by atoms with Crippen molar-refractivity contribution in [2.24, 2.45) is 11.8 Å². The number of nitrogens with zero attached hydrogens (tertiary/aromatic N) is 4. The van der Waals surface area contributed by atoms with Gasteiger partial charge in [-0.1, -0.05) is 70.1 Å². The molecule has 2 unspecified atom stereocenters.